The maximum atomic E-state index is 12.4. The van der Waals surface area contributed by atoms with Gasteiger partial charge in [0.05, 0.1) is 12.2 Å². The molecule has 3 aliphatic heterocycles. The Morgan fingerprint density at radius 3 is 2.53 bits per heavy atom. The molecule has 3 heterocycles. The fourth-order valence-electron chi connectivity index (χ4n) is 6.72. The minimum Gasteiger partial charge on any atom is -0.494 e. The minimum absolute atomic E-state index is 0.518. The molecule has 4 aliphatic rings. The molecular weight excluding hydrogens is 456 g/mol. The zero-order valence-corrected chi connectivity index (χ0v) is 21.2. The number of benzene rings is 2. The Morgan fingerprint density at radius 1 is 0.972 bits per heavy atom. The molecule has 7 nitrogen and oxygen atoms in total. The van der Waals surface area contributed by atoms with E-state index < -0.39 is 17.8 Å². The molecule has 6 rings (SSSR count). The summed E-state index contributed by atoms with van der Waals surface area (Å²) in [6.45, 7) is 3.29. The van der Waals surface area contributed by atoms with E-state index in [1.807, 2.05) is 18.2 Å². The molecule has 0 amide bonds. The maximum Gasteiger partial charge on any atom is 0.422 e. The largest absolute Gasteiger partial charge is 0.494 e. The van der Waals surface area contributed by atoms with Crippen LogP contribution in [0, 0.1) is 5.92 Å². The van der Waals surface area contributed by atoms with Gasteiger partial charge in [0, 0.05) is 19.1 Å². The fourth-order valence-corrected chi connectivity index (χ4v) is 6.72. The Labute approximate surface area is 212 Å². The van der Waals surface area contributed by atoms with E-state index in [9.17, 15) is 9.59 Å². The molecule has 1 aliphatic carbocycles. The summed E-state index contributed by atoms with van der Waals surface area (Å²) in [5.41, 5.74) is 1.85. The monoisotopic (exact) mass is 492 g/mol. The SMILES string of the molecule is CN1CCCC1CCOc1ccc2c3c(ccc2c1)CCN(CC1CCCCC1)C31OC(=O)C(=O)O1. The van der Waals surface area contributed by atoms with Crippen molar-refractivity contribution >= 4 is 22.7 Å². The molecule has 0 bridgehead atoms. The van der Waals surface area contributed by atoms with Crippen LogP contribution in [0.1, 0.15) is 62.5 Å². The van der Waals surface area contributed by atoms with Gasteiger partial charge in [-0.1, -0.05) is 37.5 Å². The average Bonchev–Trinajstić information content (AvgIpc) is 3.43. The highest BCUT2D eigenvalue weighted by atomic mass is 16.8. The molecule has 7 heteroatoms. The lowest BCUT2D eigenvalue weighted by Gasteiger charge is -2.43. The van der Waals surface area contributed by atoms with Crippen LogP contribution in [-0.2, 0) is 31.4 Å². The van der Waals surface area contributed by atoms with Crippen LogP contribution in [0.2, 0.25) is 0 Å². The van der Waals surface area contributed by atoms with Crippen LogP contribution in [0.5, 0.6) is 5.75 Å². The second-order valence-electron chi connectivity index (χ2n) is 11.0. The van der Waals surface area contributed by atoms with Gasteiger partial charge >= 0.3 is 17.8 Å². The van der Waals surface area contributed by atoms with Gasteiger partial charge in [0.15, 0.2) is 0 Å². The first-order valence-electron chi connectivity index (χ1n) is 13.6. The highest BCUT2D eigenvalue weighted by Crippen LogP contribution is 2.46. The van der Waals surface area contributed by atoms with Crippen LogP contribution in [0.15, 0.2) is 30.3 Å². The molecule has 1 saturated carbocycles. The van der Waals surface area contributed by atoms with E-state index in [1.165, 1.54) is 38.6 Å². The van der Waals surface area contributed by atoms with Gasteiger partial charge in [0.1, 0.15) is 5.75 Å². The maximum absolute atomic E-state index is 12.4. The number of fused-ring (bicyclic) bond motifs is 4. The zero-order chi connectivity index (χ0) is 24.7. The number of esters is 2. The quantitative estimate of drug-likeness (QED) is 0.439. The molecule has 0 aromatic heterocycles. The molecule has 2 aromatic carbocycles. The standard InChI is InChI=1S/C29H36N2O5/c1-30-15-5-8-23(30)14-17-34-24-11-12-25-22(18-24)10-9-21-13-16-31(19-20-6-3-2-4-7-20)29(26(21)25)35-27(32)28(33)36-29/h9-12,18,20,23H,2-8,13-17,19H2,1H3. The van der Waals surface area contributed by atoms with Crippen molar-refractivity contribution in [1.29, 1.82) is 0 Å². The third kappa shape index (κ3) is 4.26. The van der Waals surface area contributed by atoms with Crippen LogP contribution in [-0.4, -0.2) is 61.1 Å². The first-order valence-corrected chi connectivity index (χ1v) is 13.6. The van der Waals surface area contributed by atoms with Gasteiger partial charge in [-0.05, 0) is 86.5 Å². The smallest absolute Gasteiger partial charge is 0.422 e. The highest BCUT2D eigenvalue weighted by Gasteiger charge is 2.58. The Kier molecular flexibility index (Phi) is 6.38. The molecule has 2 aromatic rings. The predicted molar refractivity (Wildman–Crippen MR) is 135 cm³/mol. The van der Waals surface area contributed by atoms with Crippen molar-refractivity contribution in [2.24, 2.45) is 5.92 Å². The lowest BCUT2D eigenvalue weighted by molar-refractivity contribution is -0.266. The van der Waals surface area contributed by atoms with Gasteiger partial charge in [0.2, 0.25) is 0 Å². The zero-order valence-electron chi connectivity index (χ0n) is 21.2. The van der Waals surface area contributed by atoms with E-state index in [4.69, 9.17) is 14.2 Å². The molecule has 0 radical (unpaired) electrons. The lowest BCUT2D eigenvalue weighted by Crippen LogP contribution is -2.53. The average molecular weight is 493 g/mol. The Balaban J connectivity index is 1.30. The number of ether oxygens (including phenoxy) is 3. The van der Waals surface area contributed by atoms with Gasteiger partial charge < -0.3 is 19.1 Å². The van der Waals surface area contributed by atoms with Crippen LogP contribution in [0.3, 0.4) is 0 Å². The summed E-state index contributed by atoms with van der Waals surface area (Å²) in [4.78, 5) is 29.3. The van der Waals surface area contributed by atoms with Gasteiger partial charge in [-0.2, -0.15) is 0 Å². The number of rotatable bonds is 6. The van der Waals surface area contributed by atoms with E-state index in [-0.39, 0.29) is 0 Å². The molecule has 1 unspecified atom stereocenters. The number of hydrogen-bond acceptors (Lipinski definition) is 7. The van der Waals surface area contributed by atoms with Gasteiger partial charge in [0.25, 0.3) is 0 Å². The Hall–Kier alpha value is -2.64. The summed E-state index contributed by atoms with van der Waals surface area (Å²) in [5.74, 6) is -1.96. The highest BCUT2D eigenvalue weighted by molar-refractivity contribution is 6.31. The van der Waals surface area contributed by atoms with E-state index in [1.54, 1.807) is 0 Å². The molecular formula is C29H36N2O5. The summed E-state index contributed by atoms with van der Waals surface area (Å²) in [6, 6.07) is 10.8. The van der Waals surface area contributed by atoms with Crippen LogP contribution < -0.4 is 4.74 Å². The number of carbonyl (C=O) groups excluding carboxylic acids is 2. The number of nitrogens with zero attached hydrogens (tertiary/aromatic N) is 2. The summed E-state index contributed by atoms with van der Waals surface area (Å²) >= 11 is 0. The third-order valence-electron chi connectivity index (χ3n) is 8.68. The fraction of sp³-hybridized carbons (Fsp3) is 0.586. The van der Waals surface area contributed by atoms with Crippen LogP contribution in [0.25, 0.3) is 10.8 Å². The molecule has 36 heavy (non-hydrogen) atoms. The Morgan fingerprint density at radius 2 is 1.78 bits per heavy atom. The van der Waals surface area contributed by atoms with Gasteiger partial charge in [-0.25, -0.2) is 14.5 Å². The van der Waals surface area contributed by atoms with Crippen molar-refractivity contribution in [2.75, 3.05) is 33.3 Å². The topological polar surface area (TPSA) is 68.3 Å². The predicted octanol–water partition coefficient (Wildman–Crippen LogP) is 4.35. The molecule has 2 saturated heterocycles. The molecule has 1 spiro atoms. The van der Waals surface area contributed by atoms with E-state index >= 15 is 0 Å². The van der Waals surface area contributed by atoms with Gasteiger partial charge in [-0.3, -0.25) is 0 Å². The van der Waals surface area contributed by atoms with E-state index in [2.05, 4.69) is 29.0 Å². The van der Waals surface area contributed by atoms with Crippen molar-refractivity contribution in [3.05, 3.63) is 41.5 Å². The lowest BCUT2D eigenvalue weighted by atomic mass is 9.86. The molecule has 3 fully saturated rings. The second-order valence-corrected chi connectivity index (χ2v) is 11.0. The summed E-state index contributed by atoms with van der Waals surface area (Å²) in [6.07, 6.45) is 10.4. The molecule has 1 atom stereocenters. The van der Waals surface area contributed by atoms with E-state index in [0.29, 0.717) is 25.1 Å². The normalized spacial score (nSPS) is 24.8. The van der Waals surface area contributed by atoms with Gasteiger partial charge in [-0.15, -0.1) is 0 Å². The van der Waals surface area contributed by atoms with Crippen molar-refractivity contribution < 1.29 is 23.8 Å². The number of hydrogen-bond donors (Lipinski definition) is 0. The van der Waals surface area contributed by atoms with Crippen molar-refractivity contribution in [2.45, 2.75) is 69.7 Å². The van der Waals surface area contributed by atoms with Crippen LogP contribution in [0.4, 0.5) is 0 Å². The third-order valence-corrected chi connectivity index (χ3v) is 8.68. The Bertz CT molecular complexity index is 1140. The van der Waals surface area contributed by atoms with E-state index in [0.717, 1.165) is 59.9 Å². The first kappa shape index (κ1) is 23.7. The second kappa shape index (κ2) is 9.67. The molecule has 0 N–H and O–H groups in total. The summed E-state index contributed by atoms with van der Waals surface area (Å²) in [5, 5.41) is 1.92. The van der Waals surface area contributed by atoms with Crippen molar-refractivity contribution in [3.63, 3.8) is 0 Å². The number of carbonyl (C=O) groups is 2. The van der Waals surface area contributed by atoms with Crippen molar-refractivity contribution in [3.8, 4) is 5.75 Å². The first-order chi connectivity index (χ1) is 17.5. The van der Waals surface area contributed by atoms with Crippen molar-refractivity contribution in [1.82, 2.24) is 9.80 Å². The minimum atomic E-state index is -1.48. The summed E-state index contributed by atoms with van der Waals surface area (Å²) < 4.78 is 17.8. The molecule has 192 valence electrons. The summed E-state index contributed by atoms with van der Waals surface area (Å²) in [7, 11) is 2.19. The van der Waals surface area contributed by atoms with Crippen LogP contribution >= 0.6 is 0 Å². The number of likely N-dealkylation sites (tertiary alicyclic amines) is 1.